The Labute approximate surface area is 213 Å². The Morgan fingerprint density at radius 3 is 2.47 bits per heavy atom. The fourth-order valence-electron chi connectivity index (χ4n) is 3.87. The van der Waals surface area contributed by atoms with Crippen molar-refractivity contribution in [3.63, 3.8) is 0 Å². The highest BCUT2D eigenvalue weighted by Crippen LogP contribution is 2.29. The number of aliphatic imine (C=N–C) groups is 1. The van der Waals surface area contributed by atoms with E-state index in [0.29, 0.717) is 24.7 Å². The Bertz CT molecular complexity index is 833. The first-order valence-electron chi connectivity index (χ1n) is 11.2. The largest absolute Gasteiger partial charge is 0.354 e. The molecule has 0 aliphatic carbocycles. The second kappa shape index (κ2) is 13.8. The quantitative estimate of drug-likeness (QED) is 0.253. The number of amides is 1. The maximum absolute atomic E-state index is 11.9. The highest BCUT2D eigenvalue weighted by atomic mass is 127. The van der Waals surface area contributed by atoms with Crippen LogP contribution in [0.3, 0.4) is 0 Å². The number of benzene rings is 1. The first-order chi connectivity index (χ1) is 15.1. The Hall–Kier alpha value is -1.65. The van der Waals surface area contributed by atoms with Crippen LogP contribution in [0.15, 0.2) is 46.8 Å². The summed E-state index contributed by atoms with van der Waals surface area (Å²) < 4.78 is 0. The fourth-order valence-corrected chi connectivity index (χ4v) is 4.73. The molecule has 1 aromatic carbocycles. The van der Waals surface area contributed by atoms with Gasteiger partial charge in [-0.25, -0.2) is 0 Å². The first-order valence-corrected chi connectivity index (χ1v) is 12.1. The molecule has 0 radical (unpaired) electrons. The van der Waals surface area contributed by atoms with Crippen LogP contribution in [0, 0.1) is 5.92 Å². The van der Waals surface area contributed by atoms with Crippen molar-refractivity contribution >= 4 is 47.2 Å². The maximum atomic E-state index is 11.9. The Morgan fingerprint density at radius 2 is 1.88 bits per heavy atom. The lowest BCUT2D eigenvalue weighted by molar-refractivity contribution is 0.0956. The predicted molar refractivity (Wildman–Crippen MR) is 145 cm³/mol. The van der Waals surface area contributed by atoms with Gasteiger partial charge in [0.2, 0.25) is 0 Å². The van der Waals surface area contributed by atoms with Crippen molar-refractivity contribution in [1.82, 2.24) is 20.9 Å². The summed E-state index contributed by atoms with van der Waals surface area (Å²) in [6.45, 7) is 8.68. The van der Waals surface area contributed by atoms with Gasteiger partial charge in [0.15, 0.2) is 5.96 Å². The van der Waals surface area contributed by atoms with Crippen LogP contribution in [0.25, 0.3) is 0 Å². The third-order valence-corrected chi connectivity index (χ3v) is 6.80. The normalized spacial score (nSPS) is 16.2. The molecule has 1 aromatic heterocycles. The van der Waals surface area contributed by atoms with Crippen molar-refractivity contribution in [2.24, 2.45) is 10.9 Å². The molecule has 1 amide bonds. The van der Waals surface area contributed by atoms with Gasteiger partial charge >= 0.3 is 0 Å². The third kappa shape index (κ3) is 7.74. The minimum atomic E-state index is -0.0359. The molecule has 32 heavy (non-hydrogen) atoms. The van der Waals surface area contributed by atoms with Gasteiger partial charge in [0.25, 0.3) is 5.91 Å². The Kier molecular flexibility index (Phi) is 11.5. The molecular formula is C24H36IN5OS. The molecule has 2 aromatic rings. The average molecular weight is 570 g/mol. The topological polar surface area (TPSA) is 68.8 Å². The second-order valence-electron chi connectivity index (χ2n) is 8.11. The van der Waals surface area contributed by atoms with E-state index in [1.54, 1.807) is 7.05 Å². The van der Waals surface area contributed by atoms with Gasteiger partial charge in [-0.2, -0.15) is 0 Å². The van der Waals surface area contributed by atoms with Gasteiger partial charge in [0, 0.05) is 37.1 Å². The lowest BCUT2D eigenvalue weighted by atomic mass is 9.97. The van der Waals surface area contributed by atoms with Crippen LogP contribution in [0.4, 0.5) is 0 Å². The van der Waals surface area contributed by atoms with Gasteiger partial charge in [-0.15, -0.1) is 35.3 Å². The van der Waals surface area contributed by atoms with Crippen LogP contribution in [0.5, 0.6) is 0 Å². The lowest BCUT2D eigenvalue weighted by Crippen LogP contribution is -2.44. The van der Waals surface area contributed by atoms with Crippen molar-refractivity contribution in [2.45, 2.75) is 39.3 Å². The summed E-state index contributed by atoms with van der Waals surface area (Å²) in [6, 6.07) is 12.4. The number of likely N-dealkylation sites (tertiary alicyclic amines) is 1. The number of hydrogen-bond acceptors (Lipinski definition) is 4. The zero-order valence-electron chi connectivity index (χ0n) is 19.3. The van der Waals surface area contributed by atoms with E-state index in [-0.39, 0.29) is 29.9 Å². The van der Waals surface area contributed by atoms with Crippen molar-refractivity contribution in [2.75, 3.05) is 33.2 Å². The number of thiophene rings is 1. The standard InChI is InChI=1S/C24H35N5OS.HI/c1-4-26-23(30)20-9-7-19(8-10-20)16-27-24(25-3)28-17-21(22-6-5-15-31-22)29-13-11-18(2)12-14-29;/h5-10,15,18,21H,4,11-14,16-17H2,1-3H3,(H,26,30)(H2,25,27,28);1H. The molecule has 2 heterocycles. The van der Waals surface area contributed by atoms with E-state index in [0.717, 1.165) is 37.1 Å². The van der Waals surface area contributed by atoms with Gasteiger partial charge < -0.3 is 16.0 Å². The molecular weight excluding hydrogens is 533 g/mol. The summed E-state index contributed by atoms with van der Waals surface area (Å²) in [5.41, 5.74) is 1.79. The number of hydrogen-bond donors (Lipinski definition) is 3. The summed E-state index contributed by atoms with van der Waals surface area (Å²) >= 11 is 1.83. The summed E-state index contributed by atoms with van der Waals surface area (Å²) in [6.07, 6.45) is 2.53. The van der Waals surface area contributed by atoms with Gasteiger partial charge in [-0.1, -0.05) is 25.1 Å². The van der Waals surface area contributed by atoms with Gasteiger partial charge in [-0.05, 0) is 67.9 Å². The van der Waals surface area contributed by atoms with Crippen LogP contribution in [-0.4, -0.2) is 50.0 Å². The minimum Gasteiger partial charge on any atom is -0.354 e. The third-order valence-electron chi connectivity index (χ3n) is 5.83. The molecule has 3 rings (SSSR count). The number of rotatable bonds is 8. The fraction of sp³-hybridized carbons (Fsp3) is 0.500. The maximum Gasteiger partial charge on any atom is 0.251 e. The van der Waals surface area contributed by atoms with Crippen LogP contribution in [-0.2, 0) is 6.54 Å². The van der Waals surface area contributed by atoms with Crippen molar-refractivity contribution in [1.29, 1.82) is 0 Å². The summed E-state index contributed by atoms with van der Waals surface area (Å²) in [4.78, 5) is 20.3. The Morgan fingerprint density at radius 1 is 1.16 bits per heavy atom. The number of piperidine rings is 1. The second-order valence-corrected chi connectivity index (χ2v) is 9.09. The van der Waals surface area contributed by atoms with Crippen LogP contribution in [0.2, 0.25) is 0 Å². The van der Waals surface area contributed by atoms with Crippen LogP contribution in [0.1, 0.15) is 53.5 Å². The van der Waals surface area contributed by atoms with Crippen molar-refractivity contribution in [3.05, 3.63) is 57.8 Å². The number of halogens is 1. The zero-order valence-corrected chi connectivity index (χ0v) is 22.4. The van der Waals surface area contributed by atoms with Crippen molar-refractivity contribution in [3.8, 4) is 0 Å². The molecule has 6 nitrogen and oxygen atoms in total. The molecule has 0 bridgehead atoms. The van der Waals surface area contributed by atoms with Crippen molar-refractivity contribution < 1.29 is 4.79 Å². The molecule has 1 fully saturated rings. The highest BCUT2D eigenvalue weighted by Gasteiger charge is 2.25. The molecule has 0 spiro atoms. The first kappa shape index (κ1) is 26.6. The molecule has 1 saturated heterocycles. The monoisotopic (exact) mass is 569 g/mol. The molecule has 1 atom stereocenters. The molecule has 176 valence electrons. The number of carbonyl (C=O) groups excluding carboxylic acids is 1. The van der Waals surface area contributed by atoms with Gasteiger partial charge in [-0.3, -0.25) is 14.7 Å². The molecule has 1 aliphatic rings. The van der Waals surface area contributed by atoms with E-state index < -0.39 is 0 Å². The molecule has 8 heteroatoms. The molecule has 0 saturated carbocycles. The smallest absolute Gasteiger partial charge is 0.251 e. The van der Waals surface area contributed by atoms with E-state index in [4.69, 9.17) is 0 Å². The van der Waals surface area contributed by atoms with Crippen LogP contribution >= 0.6 is 35.3 Å². The summed E-state index contributed by atoms with van der Waals surface area (Å²) in [5.74, 6) is 1.58. The van der Waals surface area contributed by atoms with Crippen LogP contribution < -0.4 is 16.0 Å². The summed E-state index contributed by atoms with van der Waals surface area (Å²) in [5, 5.41) is 11.9. The van der Waals surface area contributed by atoms with E-state index in [1.165, 1.54) is 17.7 Å². The molecule has 3 N–H and O–H groups in total. The minimum absolute atomic E-state index is 0. The van der Waals surface area contributed by atoms with Gasteiger partial charge in [0.1, 0.15) is 0 Å². The van der Waals surface area contributed by atoms with E-state index in [1.807, 2.05) is 42.5 Å². The zero-order chi connectivity index (χ0) is 22.1. The SMILES string of the molecule is CCNC(=O)c1ccc(CNC(=NC)NCC(c2cccs2)N2CCC(C)CC2)cc1.I. The predicted octanol–water partition coefficient (Wildman–Crippen LogP) is 4.25. The Balaban J connectivity index is 0.00000363. The highest BCUT2D eigenvalue weighted by molar-refractivity contribution is 14.0. The van der Waals surface area contributed by atoms with E-state index in [2.05, 4.69) is 50.3 Å². The molecule has 1 aliphatic heterocycles. The lowest BCUT2D eigenvalue weighted by Gasteiger charge is -2.36. The number of nitrogens with zero attached hydrogens (tertiary/aromatic N) is 2. The number of nitrogens with one attached hydrogen (secondary N) is 3. The van der Waals surface area contributed by atoms with E-state index >= 15 is 0 Å². The average Bonchev–Trinajstić information content (AvgIpc) is 3.32. The number of carbonyl (C=O) groups is 1. The van der Waals surface area contributed by atoms with Gasteiger partial charge in [0.05, 0.1) is 6.04 Å². The molecule has 1 unspecified atom stereocenters. The number of guanidine groups is 1. The van der Waals surface area contributed by atoms with E-state index in [9.17, 15) is 4.79 Å². The summed E-state index contributed by atoms with van der Waals surface area (Å²) in [7, 11) is 1.80.